The number of nitrogens with one attached hydrogen (secondary N) is 1. The molecule has 2 aliphatic rings. The van der Waals surface area contributed by atoms with Gasteiger partial charge in [0, 0.05) is 29.2 Å². The van der Waals surface area contributed by atoms with Gasteiger partial charge >= 0.3 is 0 Å². The lowest BCUT2D eigenvalue weighted by Gasteiger charge is -2.31. The van der Waals surface area contributed by atoms with Crippen LogP contribution in [0.1, 0.15) is 39.0 Å². The fourth-order valence-corrected chi connectivity index (χ4v) is 5.27. The number of amides is 1. The molecule has 7 heteroatoms. The lowest BCUT2D eigenvalue weighted by atomic mass is 9.85. The molecule has 3 rings (SSSR count). The molecule has 1 aliphatic carbocycles. The Labute approximate surface area is 164 Å². The molecule has 5 nitrogen and oxygen atoms in total. The molecule has 2 atom stereocenters. The van der Waals surface area contributed by atoms with Crippen LogP contribution in [0.3, 0.4) is 0 Å². The van der Waals surface area contributed by atoms with Crippen molar-refractivity contribution in [1.29, 1.82) is 0 Å². The maximum Gasteiger partial charge on any atom is 0.247 e. The van der Waals surface area contributed by atoms with Crippen LogP contribution in [0.2, 0.25) is 0 Å². The molecule has 142 valence electrons. The van der Waals surface area contributed by atoms with E-state index in [9.17, 15) is 13.2 Å². The molecular weight excluding hydrogens is 416 g/mol. The van der Waals surface area contributed by atoms with Crippen molar-refractivity contribution in [2.45, 2.75) is 50.0 Å². The SMILES string of the molecule is C[C@@H]1CCCC[C@H]1NC(=O)C1=CCN(S(=O)(=O)c2ccc(Br)cc2)CC1. The molecule has 0 radical (unpaired) electrons. The van der Waals surface area contributed by atoms with E-state index in [2.05, 4.69) is 28.2 Å². The number of halogens is 1. The van der Waals surface area contributed by atoms with Gasteiger partial charge in [-0.3, -0.25) is 4.79 Å². The van der Waals surface area contributed by atoms with E-state index < -0.39 is 10.0 Å². The molecule has 0 aromatic heterocycles. The van der Waals surface area contributed by atoms with Crippen molar-refractivity contribution < 1.29 is 13.2 Å². The summed E-state index contributed by atoms with van der Waals surface area (Å²) >= 11 is 3.31. The Kier molecular flexibility index (Phi) is 6.20. The summed E-state index contributed by atoms with van der Waals surface area (Å²) in [6, 6.07) is 6.86. The van der Waals surface area contributed by atoms with Crippen LogP contribution >= 0.6 is 15.9 Å². The summed E-state index contributed by atoms with van der Waals surface area (Å²) in [5.74, 6) is 0.468. The maximum atomic E-state index is 12.7. The third-order valence-corrected chi connectivity index (χ3v) is 7.75. The quantitative estimate of drug-likeness (QED) is 0.778. The summed E-state index contributed by atoms with van der Waals surface area (Å²) in [6.07, 6.45) is 6.78. The van der Waals surface area contributed by atoms with Gasteiger partial charge in [-0.05, 0) is 49.4 Å². The lowest BCUT2D eigenvalue weighted by Crippen LogP contribution is -2.43. The molecule has 1 N–H and O–H groups in total. The molecule has 0 spiro atoms. The molecule has 1 amide bonds. The van der Waals surface area contributed by atoms with E-state index in [1.54, 1.807) is 30.3 Å². The lowest BCUT2D eigenvalue weighted by molar-refractivity contribution is -0.119. The van der Waals surface area contributed by atoms with E-state index in [4.69, 9.17) is 0 Å². The standard InChI is InChI=1S/C19H25BrN2O3S/c1-14-4-2-3-5-18(14)21-19(23)15-10-12-22(13-11-15)26(24,25)17-8-6-16(20)7-9-17/h6-10,14,18H,2-5,11-13H2,1H3,(H,21,23)/t14-,18-/m1/s1. The Morgan fingerprint density at radius 2 is 1.88 bits per heavy atom. The van der Waals surface area contributed by atoms with Gasteiger partial charge in [-0.1, -0.05) is 41.8 Å². The number of benzene rings is 1. The predicted molar refractivity (Wildman–Crippen MR) is 105 cm³/mol. The number of carbonyl (C=O) groups excluding carboxylic acids is 1. The van der Waals surface area contributed by atoms with E-state index in [0.717, 1.165) is 23.7 Å². The molecule has 1 heterocycles. The smallest absolute Gasteiger partial charge is 0.247 e. The van der Waals surface area contributed by atoms with Crippen molar-refractivity contribution >= 4 is 31.9 Å². The largest absolute Gasteiger partial charge is 0.349 e. The number of rotatable bonds is 4. The molecule has 1 saturated carbocycles. The fraction of sp³-hybridized carbons (Fsp3) is 0.526. The number of hydrogen-bond acceptors (Lipinski definition) is 3. The van der Waals surface area contributed by atoms with E-state index in [-0.39, 0.29) is 23.4 Å². The van der Waals surface area contributed by atoms with Crippen LogP contribution in [0.15, 0.2) is 45.3 Å². The first-order valence-electron chi connectivity index (χ1n) is 9.13. The van der Waals surface area contributed by atoms with Crippen LogP contribution < -0.4 is 5.32 Å². The molecule has 0 unspecified atom stereocenters. The minimum absolute atomic E-state index is 0.0376. The van der Waals surface area contributed by atoms with Crippen molar-refractivity contribution in [3.63, 3.8) is 0 Å². The van der Waals surface area contributed by atoms with E-state index in [1.807, 2.05) is 0 Å². The Hall–Kier alpha value is -1.18. The van der Waals surface area contributed by atoms with Gasteiger partial charge in [0.05, 0.1) is 4.90 Å². The van der Waals surface area contributed by atoms with Crippen LogP contribution in [-0.2, 0) is 14.8 Å². The molecule has 1 fully saturated rings. The summed E-state index contributed by atoms with van der Waals surface area (Å²) < 4.78 is 27.7. The van der Waals surface area contributed by atoms with Gasteiger partial charge < -0.3 is 5.32 Å². The van der Waals surface area contributed by atoms with Gasteiger partial charge in [0.1, 0.15) is 0 Å². The number of sulfonamides is 1. The van der Waals surface area contributed by atoms with Gasteiger partial charge in [0.2, 0.25) is 15.9 Å². The topological polar surface area (TPSA) is 66.5 Å². The Bertz CT molecular complexity index is 790. The third-order valence-electron chi connectivity index (χ3n) is 5.34. The highest BCUT2D eigenvalue weighted by molar-refractivity contribution is 9.10. The van der Waals surface area contributed by atoms with Gasteiger partial charge in [-0.15, -0.1) is 0 Å². The summed E-state index contributed by atoms with van der Waals surface area (Å²) in [7, 11) is -3.53. The molecule has 0 bridgehead atoms. The zero-order valence-corrected chi connectivity index (χ0v) is 17.4. The summed E-state index contributed by atoms with van der Waals surface area (Å²) in [5.41, 5.74) is 0.699. The normalized spacial score (nSPS) is 24.8. The van der Waals surface area contributed by atoms with E-state index in [1.165, 1.54) is 10.7 Å². The Morgan fingerprint density at radius 3 is 2.50 bits per heavy atom. The van der Waals surface area contributed by atoms with Gasteiger partial charge in [-0.2, -0.15) is 4.31 Å². The average Bonchev–Trinajstić information content (AvgIpc) is 2.64. The summed E-state index contributed by atoms with van der Waals surface area (Å²) in [4.78, 5) is 12.8. The van der Waals surface area contributed by atoms with Crippen LogP contribution in [0.4, 0.5) is 0 Å². The summed E-state index contributed by atoms with van der Waals surface area (Å²) in [6.45, 7) is 2.76. The number of carbonyl (C=O) groups is 1. The van der Waals surface area contributed by atoms with Gasteiger partial charge in [0.15, 0.2) is 0 Å². The van der Waals surface area contributed by atoms with Crippen molar-refractivity contribution in [2.24, 2.45) is 5.92 Å². The molecule has 1 aromatic carbocycles. The average molecular weight is 441 g/mol. The first kappa shape index (κ1) is 19.6. The van der Waals surface area contributed by atoms with Crippen molar-refractivity contribution in [3.05, 3.63) is 40.4 Å². The van der Waals surface area contributed by atoms with Crippen LogP contribution in [0, 0.1) is 5.92 Å². The number of hydrogen-bond donors (Lipinski definition) is 1. The van der Waals surface area contributed by atoms with E-state index >= 15 is 0 Å². The second-order valence-corrected chi connectivity index (χ2v) is 9.99. The molecular formula is C19H25BrN2O3S. The second-order valence-electron chi connectivity index (χ2n) is 7.14. The zero-order valence-electron chi connectivity index (χ0n) is 14.9. The first-order chi connectivity index (χ1) is 12.4. The van der Waals surface area contributed by atoms with Crippen molar-refractivity contribution in [3.8, 4) is 0 Å². The van der Waals surface area contributed by atoms with Crippen molar-refractivity contribution in [1.82, 2.24) is 9.62 Å². The van der Waals surface area contributed by atoms with Crippen molar-refractivity contribution in [2.75, 3.05) is 13.1 Å². The second kappa shape index (κ2) is 8.23. The molecule has 0 saturated heterocycles. The molecule has 1 aromatic rings. The maximum absolute atomic E-state index is 12.7. The highest BCUT2D eigenvalue weighted by Crippen LogP contribution is 2.25. The minimum atomic E-state index is -3.53. The fourth-order valence-electron chi connectivity index (χ4n) is 3.62. The first-order valence-corrected chi connectivity index (χ1v) is 11.4. The van der Waals surface area contributed by atoms with Crippen LogP contribution in [-0.4, -0.2) is 37.8 Å². The third kappa shape index (κ3) is 4.38. The minimum Gasteiger partial charge on any atom is -0.349 e. The van der Waals surface area contributed by atoms with E-state index in [0.29, 0.717) is 24.5 Å². The number of nitrogens with zero attached hydrogens (tertiary/aromatic N) is 1. The monoisotopic (exact) mass is 440 g/mol. The van der Waals surface area contributed by atoms with Crippen LogP contribution in [0.5, 0.6) is 0 Å². The van der Waals surface area contributed by atoms with Gasteiger partial charge in [-0.25, -0.2) is 8.42 Å². The highest BCUT2D eigenvalue weighted by atomic mass is 79.9. The highest BCUT2D eigenvalue weighted by Gasteiger charge is 2.29. The predicted octanol–water partition coefficient (Wildman–Crippen LogP) is 3.46. The van der Waals surface area contributed by atoms with Gasteiger partial charge in [0.25, 0.3) is 0 Å². The van der Waals surface area contributed by atoms with Crippen LogP contribution in [0.25, 0.3) is 0 Å². The molecule has 26 heavy (non-hydrogen) atoms. The summed E-state index contributed by atoms with van der Waals surface area (Å²) in [5, 5.41) is 3.15. The Morgan fingerprint density at radius 1 is 1.19 bits per heavy atom. The molecule has 1 aliphatic heterocycles. The Balaban J connectivity index is 1.64. The zero-order chi connectivity index (χ0) is 18.7.